The van der Waals surface area contributed by atoms with Crippen molar-refractivity contribution < 1.29 is 9.18 Å². The van der Waals surface area contributed by atoms with Crippen LogP contribution >= 0.6 is 11.6 Å². The van der Waals surface area contributed by atoms with E-state index in [9.17, 15) is 14.0 Å². The van der Waals surface area contributed by atoms with Gasteiger partial charge in [-0.05, 0) is 60.9 Å². The molecule has 0 aliphatic rings. The summed E-state index contributed by atoms with van der Waals surface area (Å²) in [6.45, 7) is 6.45. The lowest BCUT2D eigenvalue weighted by Crippen LogP contribution is -2.40. The van der Waals surface area contributed by atoms with Gasteiger partial charge in [-0.2, -0.15) is 0 Å². The molecule has 0 radical (unpaired) electrons. The predicted octanol–water partition coefficient (Wildman–Crippen LogP) is 6.43. The Bertz CT molecular complexity index is 1420. The fraction of sp³-hybridized carbons (Fsp3) is 0.250. The first kappa shape index (κ1) is 24.6. The summed E-state index contributed by atoms with van der Waals surface area (Å²) in [4.78, 5) is 34.1. The van der Waals surface area contributed by atoms with Gasteiger partial charge in [-0.15, -0.1) is 0 Å². The SMILES string of the molecule is CCC(c1nc2ccccc2c(=O)n1-c1ccc(F)cc1)N(CC(C)C)C(=O)c1ccccc1Cl. The summed E-state index contributed by atoms with van der Waals surface area (Å²) in [6, 6.07) is 19.2. The molecule has 5 nitrogen and oxygen atoms in total. The average molecular weight is 492 g/mol. The van der Waals surface area contributed by atoms with Crippen LogP contribution in [0.1, 0.15) is 49.4 Å². The van der Waals surface area contributed by atoms with Gasteiger partial charge in [-0.1, -0.05) is 56.6 Å². The summed E-state index contributed by atoms with van der Waals surface area (Å²) in [5, 5.41) is 0.812. The van der Waals surface area contributed by atoms with Gasteiger partial charge < -0.3 is 4.90 Å². The van der Waals surface area contributed by atoms with E-state index >= 15 is 0 Å². The number of carbonyl (C=O) groups is 1. The van der Waals surface area contributed by atoms with E-state index in [0.717, 1.165) is 0 Å². The standard InChI is InChI=1S/C28H27ClFN3O2/c1-4-25(32(17-18(2)3)27(34)21-9-5-7-11-23(21)29)26-31-24-12-8-6-10-22(24)28(35)33(26)20-15-13-19(30)14-16-20/h5-16,18,25H,4,17H2,1-3H3. The fourth-order valence-corrected chi connectivity index (χ4v) is 4.51. The van der Waals surface area contributed by atoms with Gasteiger partial charge in [-0.3, -0.25) is 14.2 Å². The van der Waals surface area contributed by atoms with E-state index in [-0.39, 0.29) is 17.4 Å². The zero-order valence-electron chi connectivity index (χ0n) is 19.9. The molecule has 1 aromatic heterocycles. The number of nitrogens with zero attached hydrogens (tertiary/aromatic N) is 3. The molecule has 0 N–H and O–H groups in total. The van der Waals surface area contributed by atoms with E-state index in [1.165, 1.54) is 16.7 Å². The molecule has 0 aliphatic heterocycles. The van der Waals surface area contributed by atoms with Crippen LogP contribution in [-0.2, 0) is 0 Å². The van der Waals surface area contributed by atoms with Crippen LogP contribution in [0.5, 0.6) is 0 Å². The second-order valence-electron chi connectivity index (χ2n) is 8.86. The average Bonchev–Trinajstić information content (AvgIpc) is 2.84. The molecule has 3 aromatic carbocycles. The van der Waals surface area contributed by atoms with Gasteiger partial charge in [0.15, 0.2) is 0 Å². The lowest BCUT2D eigenvalue weighted by atomic mass is 10.1. The molecule has 0 saturated carbocycles. The van der Waals surface area contributed by atoms with Crippen LogP contribution in [0.25, 0.3) is 16.6 Å². The molecular weight excluding hydrogens is 465 g/mol. The van der Waals surface area contributed by atoms with Gasteiger partial charge in [0.2, 0.25) is 0 Å². The Morgan fingerprint density at radius 3 is 2.34 bits per heavy atom. The maximum absolute atomic E-state index is 13.8. The van der Waals surface area contributed by atoms with Crippen molar-refractivity contribution in [2.24, 2.45) is 5.92 Å². The number of hydrogen-bond donors (Lipinski definition) is 0. The first-order valence-electron chi connectivity index (χ1n) is 11.6. The summed E-state index contributed by atoms with van der Waals surface area (Å²) in [5.41, 5.74) is 1.15. The van der Waals surface area contributed by atoms with Crippen molar-refractivity contribution in [3.05, 3.63) is 105 Å². The maximum atomic E-state index is 13.8. The second kappa shape index (κ2) is 10.4. The maximum Gasteiger partial charge on any atom is 0.266 e. The van der Waals surface area contributed by atoms with Crippen molar-refractivity contribution in [1.82, 2.24) is 14.5 Å². The number of amides is 1. The lowest BCUT2D eigenvalue weighted by Gasteiger charge is -2.34. The smallest absolute Gasteiger partial charge is 0.266 e. The number of hydrogen-bond acceptors (Lipinski definition) is 3. The number of para-hydroxylation sites is 1. The molecule has 0 spiro atoms. The monoisotopic (exact) mass is 491 g/mol. The molecule has 1 amide bonds. The number of carbonyl (C=O) groups excluding carboxylic acids is 1. The van der Waals surface area contributed by atoms with E-state index in [1.54, 1.807) is 59.5 Å². The second-order valence-corrected chi connectivity index (χ2v) is 9.27. The quantitative estimate of drug-likeness (QED) is 0.299. The number of rotatable bonds is 7. The van der Waals surface area contributed by atoms with Crippen LogP contribution < -0.4 is 5.56 Å². The topological polar surface area (TPSA) is 55.2 Å². The molecule has 4 rings (SSSR count). The van der Waals surface area contributed by atoms with Gasteiger partial charge in [0.1, 0.15) is 11.6 Å². The number of halogens is 2. The molecule has 1 heterocycles. The van der Waals surface area contributed by atoms with Crippen LogP contribution in [-0.4, -0.2) is 26.9 Å². The van der Waals surface area contributed by atoms with Crippen molar-refractivity contribution >= 4 is 28.4 Å². The first-order chi connectivity index (χ1) is 16.8. The van der Waals surface area contributed by atoms with E-state index in [2.05, 4.69) is 0 Å². The van der Waals surface area contributed by atoms with Crippen LogP contribution in [0.2, 0.25) is 5.02 Å². The Morgan fingerprint density at radius 1 is 1.03 bits per heavy atom. The minimum absolute atomic E-state index is 0.155. The predicted molar refractivity (Wildman–Crippen MR) is 138 cm³/mol. The summed E-state index contributed by atoms with van der Waals surface area (Å²) in [5.74, 6) is -0.0607. The highest BCUT2D eigenvalue weighted by molar-refractivity contribution is 6.33. The Morgan fingerprint density at radius 2 is 1.69 bits per heavy atom. The fourth-order valence-electron chi connectivity index (χ4n) is 4.29. The summed E-state index contributed by atoms with van der Waals surface area (Å²) in [6.07, 6.45) is 0.509. The van der Waals surface area contributed by atoms with E-state index in [0.29, 0.717) is 46.0 Å². The molecule has 1 atom stereocenters. The molecule has 7 heteroatoms. The van der Waals surface area contributed by atoms with Crippen LogP contribution in [0.3, 0.4) is 0 Å². The van der Waals surface area contributed by atoms with E-state index in [4.69, 9.17) is 16.6 Å². The van der Waals surface area contributed by atoms with Crippen LogP contribution in [0.4, 0.5) is 4.39 Å². The van der Waals surface area contributed by atoms with Crippen LogP contribution in [0, 0.1) is 11.7 Å². The molecule has 4 aromatic rings. The Labute approximate surface area is 208 Å². The zero-order chi connectivity index (χ0) is 25.1. The minimum atomic E-state index is -0.525. The van der Waals surface area contributed by atoms with Crippen molar-refractivity contribution in [2.45, 2.75) is 33.2 Å². The largest absolute Gasteiger partial charge is 0.328 e. The zero-order valence-corrected chi connectivity index (χ0v) is 20.7. The molecule has 0 bridgehead atoms. The number of benzene rings is 3. The highest BCUT2D eigenvalue weighted by Gasteiger charge is 2.31. The third-order valence-corrected chi connectivity index (χ3v) is 6.20. The highest BCUT2D eigenvalue weighted by Crippen LogP contribution is 2.30. The normalized spacial score (nSPS) is 12.2. The van der Waals surface area contributed by atoms with E-state index < -0.39 is 11.9 Å². The Kier molecular flexibility index (Phi) is 7.31. The summed E-state index contributed by atoms with van der Waals surface area (Å²) >= 11 is 6.39. The third kappa shape index (κ3) is 4.98. The molecular formula is C28H27ClFN3O2. The summed E-state index contributed by atoms with van der Waals surface area (Å²) in [7, 11) is 0. The number of aromatic nitrogens is 2. The molecule has 0 fully saturated rings. The van der Waals surface area contributed by atoms with Gasteiger partial charge >= 0.3 is 0 Å². The minimum Gasteiger partial charge on any atom is -0.328 e. The van der Waals surface area contributed by atoms with Crippen molar-refractivity contribution in [3.8, 4) is 5.69 Å². The molecule has 180 valence electrons. The number of fused-ring (bicyclic) bond motifs is 1. The summed E-state index contributed by atoms with van der Waals surface area (Å²) < 4.78 is 15.2. The molecule has 0 aliphatic carbocycles. The van der Waals surface area contributed by atoms with Gasteiger partial charge in [-0.25, -0.2) is 9.37 Å². The molecule has 35 heavy (non-hydrogen) atoms. The Balaban J connectivity index is 1.97. The van der Waals surface area contributed by atoms with E-state index in [1.807, 2.05) is 26.8 Å². The van der Waals surface area contributed by atoms with Gasteiger partial charge in [0.05, 0.1) is 33.2 Å². The molecule has 0 saturated heterocycles. The Hall–Kier alpha value is -3.51. The molecule has 1 unspecified atom stereocenters. The van der Waals surface area contributed by atoms with Gasteiger partial charge in [0, 0.05) is 6.54 Å². The van der Waals surface area contributed by atoms with Crippen molar-refractivity contribution in [1.29, 1.82) is 0 Å². The van der Waals surface area contributed by atoms with Crippen molar-refractivity contribution in [3.63, 3.8) is 0 Å². The highest BCUT2D eigenvalue weighted by atomic mass is 35.5. The van der Waals surface area contributed by atoms with Crippen molar-refractivity contribution in [2.75, 3.05) is 6.54 Å². The van der Waals surface area contributed by atoms with Crippen LogP contribution in [0.15, 0.2) is 77.6 Å². The van der Waals surface area contributed by atoms with Gasteiger partial charge in [0.25, 0.3) is 11.5 Å². The lowest BCUT2D eigenvalue weighted by molar-refractivity contribution is 0.0631. The first-order valence-corrected chi connectivity index (χ1v) is 12.0. The third-order valence-electron chi connectivity index (χ3n) is 5.87.